The second-order valence-electron chi connectivity index (χ2n) is 7.50. The Morgan fingerprint density at radius 3 is 2.41 bits per heavy atom. The van der Waals surface area contributed by atoms with Gasteiger partial charge in [0.15, 0.2) is 5.11 Å². The number of rotatable bonds is 9. The Morgan fingerprint density at radius 2 is 1.65 bits per heavy atom. The van der Waals surface area contributed by atoms with Crippen molar-refractivity contribution in [2.24, 2.45) is 0 Å². The van der Waals surface area contributed by atoms with Gasteiger partial charge in [0.25, 0.3) is 11.8 Å². The molecule has 6 nitrogen and oxygen atoms in total. The van der Waals surface area contributed by atoms with Crippen molar-refractivity contribution in [2.75, 3.05) is 17.2 Å². The van der Waals surface area contributed by atoms with Gasteiger partial charge in [-0.3, -0.25) is 14.9 Å². The van der Waals surface area contributed by atoms with E-state index in [0.29, 0.717) is 34.9 Å². The van der Waals surface area contributed by atoms with Crippen molar-refractivity contribution < 1.29 is 18.7 Å². The van der Waals surface area contributed by atoms with Crippen LogP contribution in [0.25, 0.3) is 0 Å². The van der Waals surface area contributed by atoms with Gasteiger partial charge >= 0.3 is 0 Å². The summed E-state index contributed by atoms with van der Waals surface area (Å²) in [5.74, 6) is -0.642. The predicted octanol–water partition coefficient (Wildman–Crippen LogP) is 5.77. The molecule has 8 heteroatoms. The molecule has 3 rings (SSSR count). The number of unbranched alkanes of at least 4 members (excludes halogenated alkanes) is 2. The first kappa shape index (κ1) is 24.9. The predicted molar refractivity (Wildman–Crippen MR) is 136 cm³/mol. The van der Waals surface area contributed by atoms with Gasteiger partial charge in [0.05, 0.1) is 12.2 Å². The number of hydrogen-bond donors (Lipinski definition) is 3. The SMILES string of the molecule is CCCCCOc1ccccc1C(=O)NC(=S)Nc1cccc(C(=O)Nc2ccc(F)cc2)c1. The van der Waals surface area contributed by atoms with Gasteiger partial charge in [0.2, 0.25) is 0 Å². The van der Waals surface area contributed by atoms with Gasteiger partial charge in [0.1, 0.15) is 11.6 Å². The van der Waals surface area contributed by atoms with Crippen LogP contribution in [-0.2, 0) is 0 Å². The Kier molecular flexibility index (Phi) is 9.11. The van der Waals surface area contributed by atoms with Crippen molar-refractivity contribution in [3.8, 4) is 5.75 Å². The van der Waals surface area contributed by atoms with E-state index in [1.807, 2.05) is 6.07 Å². The molecular formula is C26H26FN3O3S. The van der Waals surface area contributed by atoms with Gasteiger partial charge in [-0.05, 0) is 73.2 Å². The van der Waals surface area contributed by atoms with E-state index in [1.54, 1.807) is 42.5 Å². The average Bonchev–Trinajstić information content (AvgIpc) is 2.83. The molecule has 0 aliphatic heterocycles. The molecule has 3 aromatic carbocycles. The number of nitrogens with one attached hydrogen (secondary N) is 3. The number of anilines is 2. The molecule has 0 heterocycles. The molecule has 0 unspecified atom stereocenters. The first-order valence-corrected chi connectivity index (χ1v) is 11.4. The van der Waals surface area contributed by atoms with E-state index in [4.69, 9.17) is 17.0 Å². The number of thiocarbonyl (C=S) groups is 1. The van der Waals surface area contributed by atoms with Crippen LogP contribution >= 0.6 is 12.2 Å². The Bertz CT molecular complexity index is 1150. The number of halogens is 1. The molecule has 0 aromatic heterocycles. The minimum absolute atomic E-state index is 0.0851. The van der Waals surface area contributed by atoms with Crippen molar-refractivity contribution in [1.82, 2.24) is 5.32 Å². The molecular weight excluding hydrogens is 453 g/mol. The number of benzene rings is 3. The van der Waals surface area contributed by atoms with Crippen LogP contribution in [0.3, 0.4) is 0 Å². The lowest BCUT2D eigenvalue weighted by Crippen LogP contribution is -2.34. The quantitative estimate of drug-likeness (QED) is 0.268. The van der Waals surface area contributed by atoms with E-state index >= 15 is 0 Å². The highest BCUT2D eigenvalue weighted by molar-refractivity contribution is 7.80. The van der Waals surface area contributed by atoms with Crippen molar-refractivity contribution in [1.29, 1.82) is 0 Å². The van der Waals surface area contributed by atoms with Crippen LogP contribution in [0.15, 0.2) is 72.8 Å². The van der Waals surface area contributed by atoms with Crippen LogP contribution in [0.4, 0.5) is 15.8 Å². The van der Waals surface area contributed by atoms with Gasteiger partial charge in [0, 0.05) is 16.9 Å². The number of carbonyl (C=O) groups is 2. The van der Waals surface area contributed by atoms with Crippen LogP contribution in [0.5, 0.6) is 5.75 Å². The van der Waals surface area contributed by atoms with Gasteiger partial charge in [-0.15, -0.1) is 0 Å². The summed E-state index contributed by atoms with van der Waals surface area (Å²) in [6.45, 7) is 2.65. The van der Waals surface area contributed by atoms with Crippen LogP contribution in [0.2, 0.25) is 0 Å². The maximum atomic E-state index is 13.1. The summed E-state index contributed by atoms with van der Waals surface area (Å²) in [5.41, 5.74) is 1.76. The normalized spacial score (nSPS) is 10.3. The van der Waals surface area contributed by atoms with E-state index in [0.717, 1.165) is 19.3 Å². The smallest absolute Gasteiger partial charge is 0.261 e. The molecule has 0 radical (unpaired) electrons. The van der Waals surface area contributed by atoms with Crippen molar-refractivity contribution in [3.05, 3.63) is 89.7 Å². The monoisotopic (exact) mass is 479 g/mol. The fourth-order valence-corrected chi connectivity index (χ4v) is 3.33. The highest BCUT2D eigenvalue weighted by Gasteiger charge is 2.14. The summed E-state index contributed by atoms with van der Waals surface area (Å²) in [6.07, 6.45) is 3.06. The molecule has 0 aliphatic rings. The average molecular weight is 480 g/mol. The van der Waals surface area contributed by atoms with Crippen LogP contribution in [-0.4, -0.2) is 23.5 Å². The first-order valence-electron chi connectivity index (χ1n) is 11.0. The zero-order valence-electron chi connectivity index (χ0n) is 18.8. The molecule has 0 spiro atoms. The Hall–Kier alpha value is -3.78. The van der Waals surface area contributed by atoms with Gasteiger partial charge in [-0.2, -0.15) is 0 Å². The Morgan fingerprint density at radius 1 is 0.882 bits per heavy atom. The highest BCUT2D eigenvalue weighted by Crippen LogP contribution is 2.19. The number of amides is 2. The maximum Gasteiger partial charge on any atom is 0.261 e. The van der Waals surface area contributed by atoms with E-state index in [2.05, 4.69) is 22.9 Å². The Labute approximate surface area is 203 Å². The minimum Gasteiger partial charge on any atom is -0.493 e. The standard InChI is InChI=1S/C26H26FN3O3S/c1-2-3-6-16-33-23-11-5-4-10-22(23)25(32)30-26(34)29-21-9-7-8-18(17-21)24(31)28-20-14-12-19(27)13-15-20/h4-5,7-15,17H,2-3,6,16H2,1H3,(H,28,31)(H2,29,30,32,34). The summed E-state index contributed by atoms with van der Waals surface area (Å²) >= 11 is 5.28. The molecule has 0 saturated carbocycles. The lowest BCUT2D eigenvalue weighted by molar-refractivity contribution is 0.0972. The van der Waals surface area contributed by atoms with Crippen LogP contribution in [0, 0.1) is 5.82 Å². The second kappa shape index (κ2) is 12.5. The molecule has 0 saturated heterocycles. The van der Waals surface area contributed by atoms with Crippen molar-refractivity contribution in [3.63, 3.8) is 0 Å². The third-order valence-electron chi connectivity index (χ3n) is 4.85. The molecule has 34 heavy (non-hydrogen) atoms. The summed E-state index contributed by atoms with van der Waals surface area (Å²) in [4.78, 5) is 25.3. The van der Waals surface area contributed by atoms with Crippen molar-refractivity contribution >= 4 is 40.5 Å². The fraction of sp³-hybridized carbons (Fsp3) is 0.192. The minimum atomic E-state index is -0.395. The molecule has 0 bridgehead atoms. The summed E-state index contributed by atoms with van der Waals surface area (Å²) in [7, 11) is 0. The maximum absolute atomic E-state index is 13.1. The summed E-state index contributed by atoms with van der Waals surface area (Å²) in [5, 5.41) is 8.35. The van der Waals surface area contributed by atoms with E-state index in [-0.39, 0.29) is 16.8 Å². The zero-order chi connectivity index (χ0) is 24.3. The van der Waals surface area contributed by atoms with Crippen LogP contribution < -0.4 is 20.7 Å². The highest BCUT2D eigenvalue weighted by atomic mass is 32.1. The number of hydrogen-bond acceptors (Lipinski definition) is 4. The Balaban J connectivity index is 1.59. The van der Waals surface area contributed by atoms with Gasteiger partial charge in [-0.25, -0.2) is 4.39 Å². The zero-order valence-corrected chi connectivity index (χ0v) is 19.6. The topological polar surface area (TPSA) is 79.5 Å². The second-order valence-corrected chi connectivity index (χ2v) is 7.91. The van der Waals surface area contributed by atoms with Crippen molar-refractivity contribution in [2.45, 2.75) is 26.2 Å². The summed E-state index contributed by atoms with van der Waals surface area (Å²) < 4.78 is 18.8. The number of carbonyl (C=O) groups excluding carboxylic acids is 2. The first-order chi connectivity index (χ1) is 16.5. The number of ether oxygens (including phenoxy) is 1. The molecule has 176 valence electrons. The molecule has 0 aliphatic carbocycles. The summed E-state index contributed by atoms with van der Waals surface area (Å²) in [6, 6.07) is 19.1. The van der Waals surface area contributed by atoms with E-state index in [1.165, 1.54) is 24.3 Å². The lowest BCUT2D eigenvalue weighted by Gasteiger charge is -2.13. The number of para-hydroxylation sites is 1. The van der Waals surface area contributed by atoms with E-state index < -0.39 is 5.91 Å². The largest absolute Gasteiger partial charge is 0.493 e. The molecule has 0 atom stereocenters. The third kappa shape index (κ3) is 7.38. The fourth-order valence-electron chi connectivity index (χ4n) is 3.12. The molecule has 0 fully saturated rings. The lowest BCUT2D eigenvalue weighted by atomic mass is 10.1. The molecule has 2 amide bonds. The van der Waals surface area contributed by atoms with Gasteiger partial charge in [-0.1, -0.05) is 38.0 Å². The van der Waals surface area contributed by atoms with Gasteiger partial charge < -0.3 is 15.4 Å². The molecule has 3 aromatic rings. The molecule has 3 N–H and O–H groups in total. The van der Waals surface area contributed by atoms with E-state index in [9.17, 15) is 14.0 Å². The van der Waals surface area contributed by atoms with Crippen LogP contribution in [0.1, 0.15) is 46.9 Å². The third-order valence-corrected chi connectivity index (χ3v) is 5.05.